The van der Waals surface area contributed by atoms with E-state index >= 15 is 0 Å². The van der Waals surface area contributed by atoms with E-state index in [-0.39, 0.29) is 0 Å². The molecule has 82 valence electrons. The molecule has 1 saturated heterocycles. The zero-order valence-corrected chi connectivity index (χ0v) is 10.8. The molecule has 0 N–H and O–H groups in total. The first kappa shape index (κ1) is 10.9. The molecular weight excluding hydrogens is 254 g/mol. The average molecular weight is 270 g/mol. The van der Waals surface area contributed by atoms with E-state index in [2.05, 4.69) is 37.7 Å². The highest BCUT2D eigenvalue weighted by Crippen LogP contribution is 2.21. The van der Waals surface area contributed by atoms with E-state index in [4.69, 9.17) is 0 Å². The van der Waals surface area contributed by atoms with E-state index < -0.39 is 0 Å². The van der Waals surface area contributed by atoms with Crippen molar-refractivity contribution in [3.63, 3.8) is 0 Å². The van der Waals surface area contributed by atoms with Gasteiger partial charge in [0.1, 0.15) is 0 Å². The van der Waals surface area contributed by atoms with Crippen molar-refractivity contribution in [1.29, 1.82) is 0 Å². The molecule has 2 heterocycles. The molecule has 0 aromatic carbocycles. The molecule has 2 rings (SSSR count). The van der Waals surface area contributed by atoms with Crippen LogP contribution in [0.2, 0.25) is 0 Å². The molecule has 0 bridgehead atoms. The number of nitrogens with zero attached hydrogens (tertiary/aromatic N) is 3. The third-order valence-corrected chi connectivity index (χ3v) is 3.75. The molecule has 1 aliphatic heterocycles. The van der Waals surface area contributed by atoms with E-state index in [1.54, 1.807) is 0 Å². The van der Waals surface area contributed by atoms with Crippen LogP contribution in [0.3, 0.4) is 0 Å². The molecule has 1 fully saturated rings. The van der Waals surface area contributed by atoms with Crippen LogP contribution in [0.15, 0.2) is 10.7 Å². The number of anilines is 1. The van der Waals surface area contributed by atoms with Crippen LogP contribution in [0.25, 0.3) is 0 Å². The molecular formula is C11H16BrN3. The smallest absolute Gasteiger partial charge is 0.225 e. The van der Waals surface area contributed by atoms with Gasteiger partial charge in [0.25, 0.3) is 0 Å². The van der Waals surface area contributed by atoms with Gasteiger partial charge >= 0.3 is 0 Å². The van der Waals surface area contributed by atoms with Crippen LogP contribution in [0.5, 0.6) is 0 Å². The first-order chi connectivity index (χ1) is 7.16. The molecule has 0 atom stereocenters. The van der Waals surface area contributed by atoms with Crippen molar-refractivity contribution in [1.82, 2.24) is 9.97 Å². The summed E-state index contributed by atoms with van der Waals surface area (Å²) in [5, 5.41) is 0. The maximum atomic E-state index is 4.49. The molecule has 15 heavy (non-hydrogen) atoms. The topological polar surface area (TPSA) is 29.0 Å². The van der Waals surface area contributed by atoms with Crippen molar-refractivity contribution < 1.29 is 0 Å². The lowest BCUT2D eigenvalue weighted by molar-refractivity contribution is 0.434. The quantitative estimate of drug-likeness (QED) is 0.785. The molecule has 0 radical (unpaired) electrons. The first-order valence-electron chi connectivity index (χ1n) is 5.41. The summed E-state index contributed by atoms with van der Waals surface area (Å²) in [4.78, 5) is 11.1. The van der Waals surface area contributed by atoms with E-state index in [0.717, 1.165) is 35.1 Å². The van der Waals surface area contributed by atoms with Gasteiger partial charge < -0.3 is 4.90 Å². The van der Waals surface area contributed by atoms with Crippen molar-refractivity contribution in [2.45, 2.75) is 26.7 Å². The fourth-order valence-electron chi connectivity index (χ4n) is 1.80. The summed E-state index contributed by atoms with van der Waals surface area (Å²) in [6, 6.07) is 0. The predicted molar refractivity (Wildman–Crippen MR) is 65.1 cm³/mol. The second-order valence-electron chi connectivity index (χ2n) is 4.27. The molecule has 0 spiro atoms. The number of rotatable bonds is 1. The van der Waals surface area contributed by atoms with Crippen LogP contribution in [-0.4, -0.2) is 23.1 Å². The zero-order chi connectivity index (χ0) is 10.8. The molecule has 3 nitrogen and oxygen atoms in total. The Bertz CT molecular complexity index is 346. The van der Waals surface area contributed by atoms with E-state index in [0.29, 0.717) is 0 Å². The Balaban J connectivity index is 2.12. The lowest BCUT2D eigenvalue weighted by Gasteiger charge is -2.30. The largest absolute Gasteiger partial charge is 0.341 e. The molecule has 1 aromatic rings. The molecule has 0 unspecified atom stereocenters. The molecule has 0 amide bonds. The monoisotopic (exact) mass is 269 g/mol. The van der Waals surface area contributed by atoms with Crippen LogP contribution >= 0.6 is 15.9 Å². The van der Waals surface area contributed by atoms with Gasteiger partial charge in [0.2, 0.25) is 5.95 Å². The van der Waals surface area contributed by atoms with Crippen LogP contribution < -0.4 is 4.90 Å². The minimum atomic E-state index is 0.845. The lowest BCUT2D eigenvalue weighted by atomic mass is 10.00. The Hall–Kier alpha value is -0.640. The van der Waals surface area contributed by atoms with Gasteiger partial charge in [-0.05, 0) is 41.6 Å². The van der Waals surface area contributed by atoms with E-state index in [1.165, 1.54) is 12.8 Å². The predicted octanol–water partition coefficient (Wildman–Crippen LogP) is 2.78. The highest BCUT2D eigenvalue weighted by molar-refractivity contribution is 9.10. The Kier molecular flexibility index (Phi) is 3.24. The SMILES string of the molecule is Cc1nc(N2CCC(C)CC2)ncc1Br. The number of halogens is 1. The fraction of sp³-hybridized carbons (Fsp3) is 0.636. The summed E-state index contributed by atoms with van der Waals surface area (Å²) in [6.45, 7) is 6.48. The molecule has 0 saturated carbocycles. The second-order valence-corrected chi connectivity index (χ2v) is 5.13. The maximum Gasteiger partial charge on any atom is 0.225 e. The summed E-state index contributed by atoms with van der Waals surface area (Å²) >= 11 is 3.42. The number of hydrogen-bond donors (Lipinski definition) is 0. The highest BCUT2D eigenvalue weighted by atomic mass is 79.9. The lowest BCUT2D eigenvalue weighted by Crippen LogP contribution is -2.34. The Morgan fingerprint density at radius 1 is 1.40 bits per heavy atom. The van der Waals surface area contributed by atoms with Gasteiger partial charge in [0.15, 0.2) is 0 Å². The molecule has 1 aromatic heterocycles. The van der Waals surface area contributed by atoms with Crippen LogP contribution in [0.1, 0.15) is 25.5 Å². The number of hydrogen-bond acceptors (Lipinski definition) is 3. The standard InChI is InChI=1S/C11H16BrN3/c1-8-3-5-15(6-4-8)11-13-7-10(12)9(2)14-11/h7-8H,3-6H2,1-2H3. The number of aryl methyl sites for hydroxylation is 1. The van der Waals surface area contributed by atoms with Crippen LogP contribution in [0, 0.1) is 12.8 Å². The van der Waals surface area contributed by atoms with Crippen molar-refractivity contribution >= 4 is 21.9 Å². The van der Waals surface area contributed by atoms with Gasteiger partial charge in [-0.15, -0.1) is 0 Å². The Labute approximate surface area is 99.0 Å². The normalized spacial score (nSPS) is 18.2. The minimum Gasteiger partial charge on any atom is -0.341 e. The van der Waals surface area contributed by atoms with Gasteiger partial charge in [-0.3, -0.25) is 0 Å². The van der Waals surface area contributed by atoms with Crippen molar-refractivity contribution in [3.8, 4) is 0 Å². The van der Waals surface area contributed by atoms with Gasteiger partial charge in [-0.1, -0.05) is 6.92 Å². The summed E-state index contributed by atoms with van der Waals surface area (Å²) in [5.41, 5.74) is 1.01. The average Bonchev–Trinajstić information content (AvgIpc) is 2.23. The third kappa shape index (κ3) is 2.48. The number of aromatic nitrogens is 2. The van der Waals surface area contributed by atoms with E-state index in [9.17, 15) is 0 Å². The fourth-order valence-corrected chi connectivity index (χ4v) is 1.99. The van der Waals surface area contributed by atoms with Gasteiger partial charge in [-0.2, -0.15) is 0 Å². The zero-order valence-electron chi connectivity index (χ0n) is 9.20. The van der Waals surface area contributed by atoms with Gasteiger partial charge in [0, 0.05) is 19.3 Å². The van der Waals surface area contributed by atoms with Gasteiger partial charge in [-0.25, -0.2) is 9.97 Å². The third-order valence-electron chi connectivity index (χ3n) is 2.97. The molecule has 1 aliphatic rings. The molecule has 0 aliphatic carbocycles. The Morgan fingerprint density at radius 2 is 2.07 bits per heavy atom. The van der Waals surface area contributed by atoms with Crippen molar-refractivity contribution in [2.24, 2.45) is 5.92 Å². The molecule has 4 heteroatoms. The Morgan fingerprint density at radius 3 is 2.67 bits per heavy atom. The van der Waals surface area contributed by atoms with Crippen molar-refractivity contribution in [2.75, 3.05) is 18.0 Å². The highest BCUT2D eigenvalue weighted by Gasteiger charge is 2.18. The minimum absolute atomic E-state index is 0.845. The summed E-state index contributed by atoms with van der Waals surface area (Å²) in [6.07, 6.45) is 4.34. The van der Waals surface area contributed by atoms with Crippen LogP contribution in [0.4, 0.5) is 5.95 Å². The summed E-state index contributed by atoms with van der Waals surface area (Å²) in [7, 11) is 0. The summed E-state index contributed by atoms with van der Waals surface area (Å²) < 4.78 is 0.983. The van der Waals surface area contributed by atoms with Crippen LogP contribution in [-0.2, 0) is 0 Å². The van der Waals surface area contributed by atoms with Crippen molar-refractivity contribution in [3.05, 3.63) is 16.4 Å². The number of piperidine rings is 1. The maximum absolute atomic E-state index is 4.49. The van der Waals surface area contributed by atoms with E-state index in [1.807, 2.05) is 13.1 Å². The second kappa shape index (κ2) is 4.47. The van der Waals surface area contributed by atoms with Gasteiger partial charge in [0.05, 0.1) is 10.2 Å². The first-order valence-corrected chi connectivity index (χ1v) is 6.20. The summed E-state index contributed by atoms with van der Waals surface area (Å²) in [5.74, 6) is 1.72.